The molecule has 0 fully saturated rings. The van der Waals surface area contributed by atoms with Gasteiger partial charge in [0, 0.05) is 0 Å². The van der Waals surface area contributed by atoms with Gasteiger partial charge in [-0.15, -0.1) is 0 Å². The second kappa shape index (κ2) is 3.53. The summed E-state index contributed by atoms with van der Waals surface area (Å²) in [6.07, 6.45) is -4.46. The quantitative estimate of drug-likeness (QED) is 0.692. The van der Waals surface area contributed by atoms with Crippen LogP contribution in [0.4, 0.5) is 13.2 Å². The van der Waals surface area contributed by atoms with Gasteiger partial charge < -0.3 is 0 Å². The Morgan fingerprint density at radius 2 is 1.77 bits per heavy atom. The summed E-state index contributed by atoms with van der Waals surface area (Å²) in [6.45, 7) is 0. The Bertz CT molecular complexity index is 332. The standard InChI is InChI=1S/C8H4F3GeO/c9-8(10,11)6-4-2-1-3-5(6)7(12)13/h1-4H. The molecule has 0 N–H and O–H groups in total. The van der Waals surface area contributed by atoms with Gasteiger partial charge in [0.05, 0.1) is 0 Å². The average molecular weight is 246 g/mol. The van der Waals surface area contributed by atoms with E-state index < -0.39 is 16.4 Å². The molecule has 0 atom stereocenters. The zero-order valence-electron chi connectivity index (χ0n) is 6.35. The van der Waals surface area contributed by atoms with Crippen LogP contribution in [0.5, 0.6) is 0 Å². The van der Waals surface area contributed by atoms with Crippen molar-refractivity contribution >= 4 is 21.1 Å². The molecule has 0 bridgehead atoms. The van der Waals surface area contributed by atoms with Gasteiger partial charge in [0.1, 0.15) is 0 Å². The second-order valence-corrected chi connectivity index (χ2v) is 3.33. The van der Waals surface area contributed by atoms with Crippen LogP contribution < -0.4 is 0 Å². The number of hydrogen-bond acceptors (Lipinski definition) is 1. The summed E-state index contributed by atoms with van der Waals surface area (Å²) < 4.78 is 36.2. The van der Waals surface area contributed by atoms with Crippen LogP contribution in [-0.2, 0) is 6.18 Å². The van der Waals surface area contributed by atoms with E-state index in [0.717, 1.165) is 22.6 Å². The van der Waals surface area contributed by atoms with Gasteiger partial charge in [-0.1, -0.05) is 0 Å². The summed E-state index contributed by atoms with van der Waals surface area (Å²) >= 11 is 1.12. The van der Waals surface area contributed by atoms with Crippen molar-refractivity contribution in [1.29, 1.82) is 0 Å². The van der Waals surface area contributed by atoms with Crippen molar-refractivity contribution in [2.45, 2.75) is 6.18 Å². The molecule has 0 saturated carbocycles. The zero-order valence-corrected chi connectivity index (χ0v) is 8.45. The van der Waals surface area contributed by atoms with Crippen molar-refractivity contribution in [3.05, 3.63) is 35.4 Å². The molecule has 0 aliphatic rings. The third-order valence-corrected chi connectivity index (χ3v) is 2.04. The van der Waals surface area contributed by atoms with E-state index in [2.05, 4.69) is 0 Å². The Kier molecular flexibility index (Phi) is 2.80. The van der Waals surface area contributed by atoms with Crippen molar-refractivity contribution in [1.82, 2.24) is 0 Å². The number of carbonyl (C=O) groups is 1. The Labute approximate surface area is 81.2 Å². The number of carbonyl (C=O) groups excluding carboxylic acids is 1. The van der Waals surface area contributed by atoms with E-state index in [1.54, 1.807) is 0 Å². The van der Waals surface area contributed by atoms with Crippen LogP contribution in [-0.4, -0.2) is 21.1 Å². The van der Waals surface area contributed by atoms with Gasteiger partial charge in [0.15, 0.2) is 0 Å². The monoisotopic (exact) mass is 247 g/mol. The molecular weight excluding hydrogens is 242 g/mol. The van der Waals surface area contributed by atoms with Crippen LogP contribution in [0.15, 0.2) is 24.3 Å². The molecule has 0 spiro atoms. The van der Waals surface area contributed by atoms with Crippen molar-refractivity contribution in [3.8, 4) is 0 Å². The van der Waals surface area contributed by atoms with E-state index in [1.807, 2.05) is 0 Å². The second-order valence-electron chi connectivity index (χ2n) is 2.37. The molecule has 13 heavy (non-hydrogen) atoms. The molecule has 0 amide bonds. The molecule has 67 valence electrons. The van der Waals surface area contributed by atoms with Crippen LogP contribution in [0.1, 0.15) is 15.9 Å². The van der Waals surface area contributed by atoms with Gasteiger partial charge in [-0.25, -0.2) is 0 Å². The minimum atomic E-state index is -4.46. The van der Waals surface area contributed by atoms with Crippen molar-refractivity contribution in [2.24, 2.45) is 0 Å². The Balaban J connectivity index is 3.28. The van der Waals surface area contributed by atoms with E-state index in [0.29, 0.717) is 0 Å². The number of hydrogen-bond donors (Lipinski definition) is 0. The van der Waals surface area contributed by atoms with Crippen LogP contribution in [0.3, 0.4) is 0 Å². The molecule has 0 aromatic heterocycles. The van der Waals surface area contributed by atoms with Gasteiger partial charge in [-0.2, -0.15) is 0 Å². The van der Waals surface area contributed by atoms with Crippen LogP contribution >= 0.6 is 0 Å². The molecule has 1 aromatic carbocycles. The van der Waals surface area contributed by atoms with Gasteiger partial charge in [0.25, 0.3) is 0 Å². The summed E-state index contributed by atoms with van der Waals surface area (Å²) in [7, 11) is 0. The van der Waals surface area contributed by atoms with Crippen LogP contribution in [0.2, 0.25) is 0 Å². The fourth-order valence-electron chi connectivity index (χ4n) is 0.928. The Morgan fingerprint density at radius 1 is 1.23 bits per heavy atom. The maximum atomic E-state index is 12.3. The number of alkyl halides is 3. The van der Waals surface area contributed by atoms with Gasteiger partial charge >= 0.3 is 80.7 Å². The first kappa shape index (κ1) is 10.3. The van der Waals surface area contributed by atoms with E-state index in [-0.39, 0.29) is 5.56 Å². The molecule has 0 aliphatic heterocycles. The average Bonchev–Trinajstić information content (AvgIpc) is 2.03. The number of rotatable bonds is 1. The molecule has 1 nitrogen and oxygen atoms in total. The summed E-state index contributed by atoms with van der Waals surface area (Å²) in [6, 6.07) is 4.74. The summed E-state index contributed by atoms with van der Waals surface area (Å²) in [5.74, 6) is 0. The van der Waals surface area contributed by atoms with E-state index in [1.165, 1.54) is 18.2 Å². The van der Waals surface area contributed by atoms with E-state index in [9.17, 15) is 18.0 Å². The molecule has 0 aliphatic carbocycles. The predicted molar refractivity (Wildman–Crippen MR) is 41.5 cm³/mol. The molecule has 0 saturated heterocycles. The summed E-state index contributed by atoms with van der Waals surface area (Å²) in [5, 5.41) is 0. The first-order valence-electron chi connectivity index (χ1n) is 3.35. The van der Waals surface area contributed by atoms with E-state index in [4.69, 9.17) is 0 Å². The van der Waals surface area contributed by atoms with Crippen molar-refractivity contribution in [3.63, 3.8) is 0 Å². The molecule has 0 heterocycles. The fourth-order valence-corrected chi connectivity index (χ4v) is 1.39. The Morgan fingerprint density at radius 3 is 2.15 bits per heavy atom. The van der Waals surface area contributed by atoms with Crippen LogP contribution in [0, 0.1) is 0 Å². The van der Waals surface area contributed by atoms with E-state index >= 15 is 0 Å². The SMILES string of the molecule is O=[C]([Ge])c1ccccc1C(F)(F)F. The minimum absolute atomic E-state index is 0.282. The fraction of sp³-hybridized carbons (Fsp3) is 0.125. The molecule has 5 heteroatoms. The first-order valence-corrected chi connectivity index (χ1v) is 4.40. The molecule has 1 rings (SSSR count). The summed E-state index contributed by atoms with van der Waals surface area (Å²) in [5.41, 5.74) is -1.16. The van der Waals surface area contributed by atoms with Crippen molar-refractivity contribution in [2.75, 3.05) is 0 Å². The third-order valence-electron chi connectivity index (χ3n) is 1.48. The molecule has 3 radical (unpaired) electrons. The van der Waals surface area contributed by atoms with Gasteiger partial charge in [0.2, 0.25) is 0 Å². The van der Waals surface area contributed by atoms with Gasteiger partial charge in [-0.3, -0.25) is 0 Å². The predicted octanol–water partition coefficient (Wildman–Crippen LogP) is 2.01. The normalized spacial score (nSPS) is 11.4. The molecular formula is C8H4F3GeO. The number of halogens is 3. The topological polar surface area (TPSA) is 17.1 Å². The molecule has 1 aromatic rings. The third kappa shape index (κ3) is 2.33. The van der Waals surface area contributed by atoms with Crippen LogP contribution in [0.25, 0.3) is 0 Å². The first-order chi connectivity index (χ1) is 5.93. The number of benzene rings is 1. The Hall–Kier alpha value is -0.777. The molecule has 0 unspecified atom stereocenters. The van der Waals surface area contributed by atoms with Crippen molar-refractivity contribution < 1.29 is 18.0 Å². The zero-order chi connectivity index (χ0) is 10.1. The maximum absolute atomic E-state index is 12.3. The van der Waals surface area contributed by atoms with Gasteiger partial charge in [-0.05, 0) is 0 Å². The summed E-state index contributed by atoms with van der Waals surface area (Å²) in [4.78, 5) is 10.8.